The van der Waals surface area contributed by atoms with Gasteiger partial charge < -0.3 is 9.47 Å². The molecule has 0 spiro atoms. The largest absolute Gasteiger partial charge is 0.354 e. The summed E-state index contributed by atoms with van der Waals surface area (Å²) in [5.74, 6) is 0.642. The molecule has 1 fully saturated rings. The molecule has 8 nitrogen and oxygen atoms in total. The fourth-order valence-electron chi connectivity index (χ4n) is 3.39. The van der Waals surface area contributed by atoms with Crippen molar-refractivity contribution in [1.29, 1.82) is 0 Å². The fourth-order valence-corrected chi connectivity index (χ4v) is 4.29. The number of fused-ring (bicyclic) bond motifs is 1. The molecule has 3 aromatic rings. The Hall–Kier alpha value is -1.91. The van der Waals surface area contributed by atoms with Crippen LogP contribution in [0.15, 0.2) is 36.9 Å². The SMILES string of the molecule is NS(=O)(=O)OC1CCCN(c2cc(-n3ccnc3)c3ccc(Cl)c(Cl)c3n2)C1. The molecule has 0 radical (unpaired) electrons. The molecule has 4 rings (SSSR count). The average molecular weight is 442 g/mol. The number of rotatable bonds is 4. The van der Waals surface area contributed by atoms with Gasteiger partial charge in [-0.3, -0.25) is 4.18 Å². The summed E-state index contributed by atoms with van der Waals surface area (Å²) >= 11 is 12.6. The molecule has 11 heteroatoms. The number of aromatic nitrogens is 3. The van der Waals surface area contributed by atoms with Gasteiger partial charge in [-0.05, 0) is 25.0 Å². The monoisotopic (exact) mass is 441 g/mol. The molecule has 28 heavy (non-hydrogen) atoms. The Kier molecular flexibility index (Phi) is 5.19. The van der Waals surface area contributed by atoms with E-state index in [0.29, 0.717) is 40.9 Å². The standard InChI is InChI=1S/C17H17Cl2N5O3S/c18-13-4-3-12-14(24-7-5-21-10-24)8-15(22-17(12)16(13)19)23-6-1-2-11(9-23)27-28(20,25)26/h3-5,7-8,10-11H,1-2,6,9H2,(H2,20,25,26). The van der Waals surface area contributed by atoms with Crippen molar-refractivity contribution in [3.8, 4) is 5.69 Å². The fraction of sp³-hybridized carbons (Fsp3) is 0.294. The third-order valence-electron chi connectivity index (χ3n) is 4.59. The van der Waals surface area contributed by atoms with E-state index in [1.165, 1.54) is 0 Å². The zero-order valence-corrected chi connectivity index (χ0v) is 17.0. The maximum atomic E-state index is 11.3. The van der Waals surface area contributed by atoms with Crippen LogP contribution in [0.5, 0.6) is 0 Å². The van der Waals surface area contributed by atoms with Crippen molar-refractivity contribution in [3.63, 3.8) is 0 Å². The number of nitrogens with two attached hydrogens (primary N) is 1. The molecule has 0 amide bonds. The molecule has 3 heterocycles. The second kappa shape index (κ2) is 7.49. The van der Waals surface area contributed by atoms with Gasteiger partial charge in [0.2, 0.25) is 0 Å². The number of pyridine rings is 1. The van der Waals surface area contributed by atoms with Crippen molar-refractivity contribution in [2.45, 2.75) is 18.9 Å². The van der Waals surface area contributed by atoms with Crippen LogP contribution in [0.25, 0.3) is 16.6 Å². The molecule has 1 aliphatic rings. The number of imidazole rings is 1. The van der Waals surface area contributed by atoms with Gasteiger partial charge in [0.05, 0.1) is 33.7 Å². The normalized spacial score (nSPS) is 18.0. The van der Waals surface area contributed by atoms with E-state index in [1.54, 1.807) is 18.6 Å². The van der Waals surface area contributed by atoms with Crippen molar-refractivity contribution in [1.82, 2.24) is 14.5 Å². The molecule has 0 bridgehead atoms. The molecule has 0 saturated carbocycles. The zero-order chi connectivity index (χ0) is 19.9. The van der Waals surface area contributed by atoms with Crippen LogP contribution in [0.1, 0.15) is 12.8 Å². The Bertz CT molecular complexity index is 1120. The van der Waals surface area contributed by atoms with Crippen molar-refractivity contribution < 1.29 is 12.6 Å². The third-order valence-corrected chi connectivity index (χ3v) is 5.93. The second-order valence-corrected chi connectivity index (χ2v) is 8.49. The molecule has 1 saturated heterocycles. The Morgan fingerprint density at radius 3 is 2.82 bits per heavy atom. The number of piperidine rings is 1. The number of benzene rings is 1. The van der Waals surface area contributed by atoms with Gasteiger partial charge in [-0.25, -0.2) is 15.1 Å². The first-order valence-corrected chi connectivity index (χ1v) is 10.8. The minimum Gasteiger partial charge on any atom is -0.354 e. The Labute approximate surface area is 172 Å². The Morgan fingerprint density at radius 2 is 2.11 bits per heavy atom. The summed E-state index contributed by atoms with van der Waals surface area (Å²) in [4.78, 5) is 10.8. The van der Waals surface area contributed by atoms with E-state index in [9.17, 15) is 8.42 Å². The maximum Gasteiger partial charge on any atom is 0.333 e. The minimum atomic E-state index is -4.02. The lowest BCUT2D eigenvalue weighted by Gasteiger charge is -2.33. The van der Waals surface area contributed by atoms with Crippen LogP contribution in [0.2, 0.25) is 10.0 Å². The zero-order valence-electron chi connectivity index (χ0n) is 14.6. The van der Waals surface area contributed by atoms with Gasteiger partial charge in [0.1, 0.15) is 5.82 Å². The van der Waals surface area contributed by atoms with Crippen molar-refractivity contribution in [2.75, 3.05) is 18.0 Å². The van der Waals surface area contributed by atoms with Gasteiger partial charge in [-0.2, -0.15) is 8.42 Å². The predicted octanol–water partition coefficient (Wildman–Crippen LogP) is 2.92. The predicted molar refractivity (Wildman–Crippen MR) is 108 cm³/mol. The van der Waals surface area contributed by atoms with Crippen molar-refractivity contribution >= 4 is 50.2 Å². The summed E-state index contributed by atoms with van der Waals surface area (Å²) in [6, 6.07) is 5.50. The molecule has 1 aliphatic heterocycles. The number of hydrogen-bond acceptors (Lipinski definition) is 6. The number of hydrogen-bond donors (Lipinski definition) is 1. The highest BCUT2D eigenvalue weighted by Crippen LogP contribution is 2.35. The summed E-state index contributed by atoms with van der Waals surface area (Å²) in [5.41, 5.74) is 1.40. The quantitative estimate of drug-likeness (QED) is 0.667. The van der Waals surface area contributed by atoms with Crippen LogP contribution >= 0.6 is 23.2 Å². The van der Waals surface area contributed by atoms with Gasteiger partial charge in [0.15, 0.2) is 0 Å². The first-order chi connectivity index (χ1) is 13.3. The Morgan fingerprint density at radius 1 is 1.29 bits per heavy atom. The van der Waals surface area contributed by atoms with E-state index in [1.807, 2.05) is 27.8 Å². The minimum absolute atomic E-state index is 0.344. The van der Waals surface area contributed by atoms with Gasteiger partial charge in [-0.1, -0.05) is 23.2 Å². The molecule has 148 valence electrons. The van der Waals surface area contributed by atoms with Crippen LogP contribution < -0.4 is 10.0 Å². The van der Waals surface area contributed by atoms with Crippen LogP contribution in [0.4, 0.5) is 5.82 Å². The summed E-state index contributed by atoms with van der Waals surface area (Å²) < 4.78 is 29.4. The smallest absolute Gasteiger partial charge is 0.333 e. The Balaban J connectivity index is 1.80. The highest BCUT2D eigenvalue weighted by Gasteiger charge is 2.26. The molecular weight excluding hydrogens is 425 g/mol. The maximum absolute atomic E-state index is 11.3. The van der Waals surface area contributed by atoms with Crippen molar-refractivity contribution in [2.24, 2.45) is 5.14 Å². The van der Waals surface area contributed by atoms with E-state index in [4.69, 9.17) is 37.5 Å². The molecular formula is C17H17Cl2N5O3S. The summed E-state index contributed by atoms with van der Waals surface area (Å²) in [6.07, 6.45) is 5.99. The molecule has 0 aliphatic carbocycles. The van der Waals surface area contributed by atoms with Crippen LogP contribution in [-0.4, -0.2) is 42.1 Å². The second-order valence-electron chi connectivity index (χ2n) is 6.53. The number of nitrogens with zero attached hydrogens (tertiary/aromatic N) is 4. The lowest BCUT2D eigenvalue weighted by Crippen LogP contribution is -2.42. The highest BCUT2D eigenvalue weighted by molar-refractivity contribution is 7.84. The molecule has 1 atom stereocenters. The third kappa shape index (κ3) is 3.94. The topological polar surface area (TPSA) is 103 Å². The van der Waals surface area contributed by atoms with Gasteiger partial charge in [0, 0.05) is 36.9 Å². The lowest BCUT2D eigenvalue weighted by atomic mass is 10.1. The molecule has 1 aromatic carbocycles. The summed E-state index contributed by atoms with van der Waals surface area (Å²) in [7, 11) is -4.02. The lowest BCUT2D eigenvalue weighted by molar-refractivity contribution is 0.186. The highest BCUT2D eigenvalue weighted by atomic mass is 35.5. The van der Waals surface area contributed by atoms with E-state index >= 15 is 0 Å². The van der Waals surface area contributed by atoms with Gasteiger partial charge in [-0.15, -0.1) is 0 Å². The van der Waals surface area contributed by atoms with Crippen LogP contribution in [0.3, 0.4) is 0 Å². The number of anilines is 1. The summed E-state index contributed by atoms with van der Waals surface area (Å²) in [5, 5.41) is 6.61. The average Bonchev–Trinajstić information content (AvgIpc) is 3.17. The number of halogens is 2. The molecule has 2 N–H and O–H groups in total. The van der Waals surface area contributed by atoms with E-state index in [-0.39, 0.29) is 0 Å². The van der Waals surface area contributed by atoms with Crippen LogP contribution in [-0.2, 0) is 14.5 Å². The first kappa shape index (κ1) is 19.4. The van der Waals surface area contributed by atoms with E-state index in [2.05, 4.69) is 4.98 Å². The van der Waals surface area contributed by atoms with Gasteiger partial charge >= 0.3 is 10.3 Å². The molecule has 1 unspecified atom stereocenters. The molecule has 2 aromatic heterocycles. The van der Waals surface area contributed by atoms with Gasteiger partial charge in [0.25, 0.3) is 0 Å². The van der Waals surface area contributed by atoms with Crippen LogP contribution in [0, 0.1) is 0 Å². The van der Waals surface area contributed by atoms with Crippen molar-refractivity contribution in [3.05, 3.63) is 47.0 Å². The van der Waals surface area contributed by atoms with E-state index in [0.717, 1.165) is 17.5 Å². The summed E-state index contributed by atoms with van der Waals surface area (Å²) in [6.45, 7) is 1.04. The van der Waals surface area contributed by atoms with E-state index < -0.39 is 16.4 Å². The first-order valence-electron chi connectivity index (χ1n) is 8.55.